The Bertz CT molecular complexity index is 464. The second kappa shape index (κ2) is 7.77. The highest BCUT2D eigenvalue weighted by Crippen LogP contribution is 2.27. The van der Waals surface area contributed by atoms with E-state index in [1.54, 1.807) is 6.92 Å². The third kappa shape index (κ3) is 6.89. The van der Waals surface area contributed by atoms with Gasteiger partial charge >= 0.3 is 6.18 Å². The van der Waals surface area contributed by atoms with E-state index in [1.807, 2.05) is 0 Å². The standard InChI is InChI=1S/C12H18F3N5O/c1-8(16)2-3-10(21)17-6-7-19-11-18-5-4-9(20-11)12(13,14)15/h4-5,8H,2-3,6-7,16H2,1H3,(H,17,21)(H,18,19,20). The van der Waals surface area contributed by atoms with Crippen LogP contribution in [0.5, 0.6) is 0 Å². The maximum Gasteiger partial charge on any atom is 0.433 e. The third-order valence-electron chi connectivity index (χ3n) is 2.50. The Labute approximate surface area is 120 Å². The van der Waals surface area contributed by atoms with Crippen molar-refractivity contribution in [1.29, 1.82) is 0 Å². The van der Waals surface area contributed by atoms with Crippen LogP contribution in [0, 0.1) is 0 Å². The maximum atomic E-state index is 12.4. The quantitative estimate of drug-likeness (QED) is 0.657. The van der Waals surface area contributed by atoms with Gasteiger partial charge in [0.25, 0.3) is 0 Å². The van der Waals surface area contributed by atoms with Gasteiger partial charge in [0.05, 0.1) is 0 Å². The summed E-state index contributed by atoms with van der Waals surface area (Å²) >= 11 is 0. The molecule has 9 heteroatoms. The third-order valence-corrected chi connectivity index (χ3v) is 2.50. The van der Waals surface area contributed by atoms with E-state index in [-0.39, 0.29) is 31.0 Å². The minimum absolute atomic E-state index is 0.0487. The number of hydrogen-bond acceptors (Lipinski definition) is 5. The first-order chi connectivity index (χ1) is 9.79. The molecule has 0 aliphatic carbocycles. The van der Waals surface area contributed by atoms with E-state index in [2.05, 4.69) is 20.6 Å². The molecule has 0 spiro atoms. The fraction of sp³-hybridized carbons (Fsp3) is 0.583. The number of alkyl halides is 3. The highest BCUT2D eigenvalue weighted by atomic mass is 19.4. The van der Waals surface area contributed by atoms with Crippen molar-refractivity contribution in [1.82, 2.24) is 15.3 Å². The van der Waals surface area contributed by atoms with Gasteiger partial charge in [-0.2, -0.15) is 13.2 Å². The molecule has 0 radical (unpaired) electrons. The summed E-state index contributed by atoms with van der Waals surface area (Å²) in [5, 5.41) is 5.23. The topological polar surface area (TPSA) is 92.9 Å². The smallest absolute Gasteiger partial charge is 0.354 e. The van der Waals surface area contributed by atoms with Gasteiger partial charge in [-0.3, -0.25) is 4.79 Å². The Morgan fingerprint density at radius 3 is 2.76 bits per heavy atom. The molecule has 6 nitrogen and oxygen atoms in total. The second-order valence-electron chi connectivity index (χ2n) is 4.56. The van der Waals surface area contributed by atoms with E-state index in [4.69, 9.17) is 5.73 Å². The lowest BCUT2D eigenvalue weighted by Gasteiger charge is -2.09. The predicted octanol–water partition coefficient (Wildman–Crippen LogP) is 1.15. The van der Waals surface area contributed by atoms with Crippen molar-refractivity contribution in [3.8, 4) is 0 Å². The summed E-state index contributed by atoms with van der Waals surface area (Å²) in [6.45, 7) is 2.29. The van der Waals surface area contributed by atoms with Gasteiger partial charge in [-0.15, -0.1) is 0 Å². The molecule has 1 aromatic heterocycles. The molecule has 0 saturated carbocycles. The molecule has 118 valence electrons. The van der Waals surface area contributed by atoms with Gasteiger partial charge in [0.2, 0.25) is 11.9 Å². The lowest BCUT2D eigenvalue weighted by molar-refractivity contribution is -0.141. The highest BCUT2D eigenvalue weighted by molar-refractivity contribution is 5.75. The van der Waals surface area contributed by atoms with Crippen molar-refractivity contribution in [3.63, 3.8) is 0 Å². The summed E-state index contributed by atoms with van der Waals surface area (Å²) in [5.41, 5.74) is 4.51. The molecule has 1 atom stereocenters. The number of rotatable bonds is 7. The Morgan fingerprint density at radius 2 is 2.14 bits per heavy atom. The summed E-state index contributed by atoms with van der Waals surface area (Å²) < 4.78 is 37.3. The Morgan fingerprint density at radius 1 is 1.43 bits per heavy atom. The molecule has 21 heavy (non-hydrogen) atoms. The van der Waals surface area contributed by atoms with E-state index in [9.17, 15) is 18.0 Å². The average Bonchev–Trinajstić information content (AvgIpc) is 2.41. The predicted molar refractivity (Wildman–Crippen MR) is 71.4 cm³/mol. The van der Waals surface area contributed by atoms with Crippen molar-refractivity contribution >= 4 is 11.9 Å². The minimum Gasteiger partial charge on any atom is -0.354 e. The van der Waals surface area contributed by atoms with Crippen LogP contribution in [-0.2, 0) is 11.0 Å². The van der Waals surface area contributed by atoms with E-state index in [1.165, 1.54) is 0 Å². The minimum atomic E-state index is -4.51. The summed E-state index contributed by atoms with van der Waals surface area (Å²) in [7, 11) is 0. The molecule has 1 heterocycles. The van der Waals surface area contributed by atoms with Gasteiger partial charge in [0.1, 0.15) is 5.69 Å². The second-order valence-corrected chi connectivity index (χ2v) is 4.56. The highest BCUT2D eigenvalue weighted by Gasteiger charge is 2.32. The zero-order valence-electron chi connectivity index (χ0n) is 11.6. The normalized spacial score (nSPS) is 12.8. The number of anilines is 1. The molecule has 1 aromatic rings. The summed E-state index contributed by atoms with van der Waals surface area (Å²) in [6.07, 6.45) is -2.58. The molecule has 0 bridgehead atoms. The lowest BCUT2D eigenvalue weighted by atomic mass is 10.2. The maximum absolute atomic E-state index is 12.4. The number of nitrogens with zero attached hydrogens (tertiary/aromatic N) is 2. The number of nitrogens with one attached hydrogen (secondary N) is 2. The molecule has 1 rings (SSSR count). The molecule has 0 aliphatic rings. The Balaban J connectivity index is 2.32. The number of carbonyl (C=O) groups is 1. The van der Waals surface area contributed by atoms with E-state index in [0.29, 0.717) is 12.8 Å². The van der Waals surface area contributed by atoms with Crippen molar-refractivity contribution < 1.29 is 18.0 Å². The van der Waals surface area contributed by atoms with Crippen molar-refractivity contribution in [2.24, 2.45) is 5.73 Å². The molecule has 0 saturated heterocycles. The van der Waals surface area contributed by atoms with Gasteiger partial charge in [-0.05, 0) is 19.4 Å². The molecule has 0 aliphatic heterocycles. The molecule has 0 fully saturated rings. The van der Waals surface area contributed by atoms with Crippen LogP contribution in [-0.4, -0.2) is 35.0 Å². The number of aromatic nitrogens is 2. The average molecular weight is 305 g/mol. The molecule has 1 unspecified atom stereocenters. The van der Waals surface area contributed by atoms with E-state index < -0.39 is 11.9 Å². The van der Waals surface area contributed by atoms with Crippen LogP contribution in [0.4, 0.5) is 19.1 Å². The monoisotopic (exact) mass is 305 g/mol. The number of nitrogens with two attached hydrogens (primary N) is 1. The molecule has 0 aromatic carbocycles. The van der Waals surface area contributed by atoms with E-state index >= 15 is 0 Å². The van der Waals surface area contributed by atoms with Gasteiger partial charge in [0.15, 0.2) is 0 Å². The van der Waals surface area contributed by atoms with Gasteiger partial charge in [-0.25, -0.2) is 9.97 Å². The zero-order chi connectivity index (χ0) is 15.9. The lowest BCUT2D eigenvalue weighted by Crippen LogP contribution is -2.30. The Hall–Kier alpha value is -1.90. The summed E-state index contributed by atoms with van der Waals surface area (Å²) in [6, 6.07) is 0.744. The molecule has 4 N–H and O–H groups in total. The molecular formula is C12H18F3N5O. The SMILES string of the molecule is CC(N)CCC(=O)NCCNc1nccc(C(F)(F)F)n1. The van der Waals surface area contributed by atoms with Crippen LogP contribution in [0.3, 0.4) is 0 Å². The fourth-order valence-electron chi connectivity index (χ4n) is 1.43. The van der Waals surface area contributed by atoms with Crippen LogP contribution >= 0.6 is 0 Å². The first-order valence-electron chi connectivity index (χ1n) is 6.45. The van der Waals surface area contributed by atoms with Crippen LogP contribution in [0.1, 0.15) is 25.5 Å². The number of halogens is 3. The molecule has 1 amide bonds. The van der Waals surface area contributed by atoms with Crippen molar-refractivity contribution in [2.45, 2.75) is 32.0 Å². The first-order valence-corrected chi connectivity index (χ1v) is 6.45. The van der Waals surface area contributed by atoms with Gasteiger partial charge < -0.3 is 16.4 Å². The zero-order valence-corrected chi connectivity index (χ0v) is 11.6. The van der Waals surface area contributed by atoms with Crippen LogP contribution in [0.25, 0.3) is 0 Å². The number of hydrogen-bond donors (Lipinski definition) is 3. The van der Waals surface area contributed by atoms with Crippen molar-refractivity contribution in [2.75, 3.05) is 18.4 Å². The first kappa shape index (κ1) is 17.2. The number of carbonyl (C=O) groups excluding carboxylic acids is 1. The largest absolute Gasteiger partial charge is 0.433 e. The number of amides is 1. The van der Waals surface area contributed by atoms with Gasteiger partial charge in [0, 0.05) is 31.7 Å². The summed E-state index contributed by atoms with van der Waals surface area (Å²) in [5.74, 6) is -0.284. The molecular weight excluding hydrogens is 287 g/mol. The van der Waals surface area contributed by atoms with Crippen LogP contribution in [0.2, 0.25) is 0 Å². The summed E-state index contributed by atoms with van der Waals surface area (Å²) in [4.78, 5) is 18.4. The fourth-order valence-corrected chi connectivity index (χ4v) is 1.43. The Kier molecular flexibility index (Phi) is 6.35. The van der Waals surface area contributed by atoms with Crippen LogP contribution < -0.4 is 16.4 Å². The van der Waals surface area contributed by atoms with Crippen molar-refractivity contribution in [3.05, 3.63) is 18.0 Å². The van der Waals surface area contributed by atoms with Crippen LogP contribution in [0.15, 0.2) is 12.3 Å². The van der Waals surface area contributed by atoms with Gasteiger partial charge in [-0.1, -0.05) is 0 Å². The van der Waals surface area contributed by atoms with E-state index in [0.717, 1.165) is 12.3 Å².